The van der Waals surface area contributed by atoms with Crippen molar-refractivity contribution in [1.82, 2.24) is 5.32 Å². The van der Waals surface area contributed by atoms with Crippen molar-refractivity contribution in [2.45, 2.75) is 44.1 Å². The van der Waals surface area contributed by atoms with Crippen LogP contribution in [-0.4, -0.2) is 60.5 Å². The van der Waals surface area contributed by atoms with E-state index in [2.05, 4.69) is 10.3 Å². The van der Waals surface area contributed by atoms with Crippen molar-refractivity contribution in [2.24, 2.45) is 4.99 Å². The van der Waals surface area contributed by atoms with Crippen LogP contribution in [0.25, 0.3) is 0 Å². The summed E-state index contributed by atoms with van der Waals surface area (Å²) in [6, 6.07) is 3.61. The summed E-state index contributed by atoms with van der Waals surface area (Å²) in [7, 11) is -3.23. The number of anilines is 1. The first-order valence-corrected chi connectivity index (χ1v) is 12.6. The zero-order valence-corrected chi connectivity index (χ0v) is 19.6. The lowest BCUT2D eigenvalue weighted by Gasteiger charge is -2.24. The second-order valence-corrected chi connectivity index (χ2v) is 12.0. The van der Waals surface area contributed by atoms with Crippen LogP contribution in [-0.2, 0) is 19.4 Å². The van der Waals surface area contributed by atoms with Crippen LogP contribution in [0, 0.1) is 5.82 Å². The largest absolute Gasteiger partial charge is 0.444 e. The van der Waals surface area contributed by atoms with Crippen LogP contribution in [0.2, 0.25) is 5.02 Å². The zero-order chi connectivity index (χ0) is 23.0. The maximum atomic E-state index is 13.6. The van der Waals surface area contributed by atoms with Gasteiger partial charge in [0, 0.05) is 23.9 Å². The van der Waals surface area contributed by atoms with Gasteiger partial charge in [-0.15, -0.1) is 0 Å². The minimum absolute atomic E-state index is 0.0266. The molecule has 0 unspecified atom stereocenters. The highest BCUT2D eigenvalue weighted by atomic mass is 35.5. The van der Waals surface area contributed by atoms with Crippen molar-refractivity contribution in [3.63, 3.8) is 0 Å². The highest BCUT2D eigenvalue weighted by Crippen LogP contribution is 2.41. The van der Waals surface area contributed by atoms with Crippen molar-refractivity contribution in [3.8, 4) is 0 Å². The van der Waals surface area contributed by atoms with Crippen molar-refractivity contribution >= 4 is 56.1 Å². The van der Waals surface area contributed by atoms with Gasteiger partial charge in [0.1, 0.15) is 11.4 Å². The third-order valence-corrected chi connectivity index (χ3v) is 7.97. The van der Waals surface area contributed by atoms with E-state index in [9.17, 15) is 22.4 Å². The molecule has 0 spiro atoms. The number of alkyl carbamates (subject to hydrolysis) is 1. The van der Waals surface area contributed by atoms with Crippen LogP contribution in [0.5, 0.6) is 0 Å². The summed E-state index contributed by atoms with van der Waals surface area (Å²) in [6.45, 7) is 5.23. The number of nitrogens with zero attached hydrogens (tertiary/aromatic N) is 2. The van der Waals surface area contributed by atoms with E-state index < -0.39 is 39.3 Å². The van der Waals surface area contributed by atoms with Gasteiger partial charge in [-0.1, -0.05) is 23.4 Å². The average molecular weight is 492 g/mol. The lowest BCUT2D eigenvalue weighted by Crippen LogP contribution is -2.38. The summed E-state index contributed by atoms with van der Waals surface area (Å²) in [5.41, 5.74) is -0.189. The van der Waals surface area contributed by atoms with E-state index in [1.165, 1.54) is 30.0 Å². The standard InChI is InChI=1S/C19H23ClFN3O5S2/c1-19(2,3)29-18(26)22-7-6-16(25)23-17-24(11-4-5-13(21)12(20)8-11)14-9-31(27,28)10-15(14)30-17/h4-5,8,14-15H,6-7,9-10H2,1-3H3,(H,22,26)/t14-,15-/m1/s1. The molecule has 2 amide bonds. The topological polar surface area (TPSA) is 105 Å². The molecule has 1 aromatic carbocycles. The summed E-state index contributed by atoms with van der Waals surface area (Å²) in [5.74, 6) is -1.20. The molecule has 8 nitrogen and oxygen atoms in total. The highest BCUT2D eigenvalue weighted by Gasteiger charge is 2.49. The van der Waals surface area contributed by atoms with E-state index in [0.717, 1.165) is 0 Å². The summed E-state index contributed by atoms with van der Waals surface area (Å²) >= 11 is 7.10. The molecule has 0 aliphatic carbocycles. The number of hydrogen-bond donors (Lipinski definition) is 1. The van der Waals surface area contributed by atoms with E-state index in [1.54, 1.807) is 25.7 Å². The van der Waals surface area contributed by atoms with Crippen molar-refractivity contribution in [2.75, 3.05) is 23.0 Å². The molecule has 12 heteroatoms. The minimum Gasteiger partial charge on any atom is -0.444 e. The van der Waals surface area contributed by atoms with Gasteiger partial charge in [-0.05, 0) is 39.0 Å². The van der Waals surface area contributed by atoms with E-state index in [-0.39, 0.29) is 34.7 Å². The number of amides is 2. The molecule has 0 saturated carbocycles. The number of rotatable bonds is 4. The van der Waals surface area contributed by atoms with E-state index in [1.807, 2.05) is 0 Å². The van der Waals surface area contributed by atoms with E-state index in [4.69, 9.17) is 16.3 Å². The Morgan fingerprint density at radius 3 is 2.71 bits per heavy atom. The molecule has 2 fully saturated rings. The number of carbonyl (C=O) groups is 2. The van der Waals surface area contributed by atoms with E-state index >= 15 is 0 Å². The molecule has 1 aromatic rings. The molecule has 2 aliphatic rings. The number of nitrogens with one attached hydrogen (secondary N) is 1. The van der Waals surface area contributed by atoms with Crippen LogP contribution in [0.4, 0.5) is 14.9 Å². The third-order valence-electron chi connectivity index (χ3n) is 4.48. The second-order valence-electron chi connectivity index (χ2n) is 8.24. The Morgan fingerprint density at radius 2 is 2.06 bits per heavy atom. The Kier molecular flexibility index (Phi) is 6.87. The predicted molar refractivity (Wildman–Crippen MR) is 119 cm³/mol. The Morgan fingerprint density at radius 1 is 1.35 bits per heavy atom. The summed E-state index contributed by atoms with van der Waals surface area (Å²) < 4.78 is 42.9. The van der Waals surface area contributed by atoms with Crippen molar-refractivity contribution < 1.29 is 27.1 Å². The first kappa shape index (κ1) is 23.8. The quantitative estimate of drug-likeness (QED) is 0.690. The lowest BCUT2D eigenvalue weighted by molar-refractivity contribution is -0.117. The number of ether oxygens (including phenoxy) is 1. The van der Waals surface area contributed by atoms with Gasteiger partial charge in [-0.25, -0.2) is 17.6 Å². The fourth-order valence-electron chi connectivity index (χ4n) is 3.25. The van der Waals surface area contributed by atoms with Gasteiger partial charge in [0.15, 0.2) is 15.0 Å². The molecule has 2 heterocycles. The molecular formula is C19H23ClFN3O5S2. The van der Waals surface area contributed by atoms with Gasteiger partial charge in [0.25, 0.3) is 0 Å². The number of fused-ring (bicyclic) bond motifs is 1. The monoisotopic (exact) mass is 491 g/mol. The highest BCUT2D eigenvalue weighted by molar-refractivity contribution is 8.16. The fraction of sp³-hybridized carbons (Fsp3) is 0.526. The van der Waals surface area contributed by atoms with Crippen LogP contribution in [0.3, 0.4) is 0 Å². The maximum absolute atomic E-state index is 13.6. The molecule has 0 aromatic heterocycles. The molecule has 170 valence electrons. The summed E-state index contributed by atoms with van der Waals surface area (Å²) in [6.07, 6.45) is -0.694. The molecule has 31 heavy (non-hydrogen) atoms. The number of thioether (sulfide) groups is 1. The summed E-state index contributed by atoms with van der Waals surface area (Å²) in [5, 5.41) is 2.42. The number of sulfone groups is 1. The minimum atomic E-state index is -3.23. The molecule has 0 radical (unpaired) electrons. The number of hydrogen-bond acceptors (Lipinski definition) is 6. The van der Waals surface area contributed by atoms with E-state index in [0.29, 0.717) is 10.9 Å². The molecule has 2 saturated heterocycles. The number of carbonyl (C=O) groups excluding carboxylic acids is 2. The maximum Gasteiger partial charge on any atom is 0.407 e. The number of amidine groups is 1. The van der Waals surface area contributed by atoms with Gasteiger partial charge in [0.2, 0.25) is 5.91 Å². The second kappa shape index (κ2) is 8.95. The smallest absolute Gasteiger partial charge is 0.407 e. The molecule has 0 bridgehead atoms. The van der Waals surface area contributed by atoms with Gasteiger partial charge in [0.05, 0.1) is 22.6 Å². The Balaban J connectivity index is 1.74. The first-order valence-electron chi connectivity index (χ1n) is 9.54. The molecule has 2 aliphatic heterocycles. The predicted octanol–water partition coefficient (Wildman–Crippen LogP) is 3.00. The van der Waals surface area contributed by atoms with Crippen LogP contribution in [0.15, 0.2) is 23.2 Å². The molecular weight excluding hydrogens is 469 g/mol. The number of aliphatic imine (C=N–C) groups is 1. The third kappa shape index (κ3) is 6.11. The molecule has 2 atom stereocenters. The Labute approximate surface area is 189 Å². The Bertz CT molecular complexity index is 1030. The normalized spacial score (nSPS) is 23.6. The average Bonchev–Trinajstić information content (AvgIpc) is 3.06. The van der Waals surface area contributed by atoms with Crippen LogP contribution in [0.1, 0.15) is 27.2 Å². The summed E-state index contributed by atoms with van der Waals surface area (Å²) in [4.78, 5) is 29.8. The van der Waals surface area contributed by atoms with Gasteiger partial charge < -0.3 is 15.0 Å². The lowest BCUT2D eigenvalue weighted by atomic mass is 10.2. The fourth-order valence-corrected chi connectivity index (χ4v) is 7.36. The molecule has 1 N–H and O–H groups in total. The number of halogens is 2. The first-order chi connectivity index (χ1) is 14.3. The van der Waals surface area contributed by atoms with Crippen LogP contribution < -0.4 is 10.2 Å². The van der Waals surface area contributed by atoms with Gasteiger partial charge in [-0.2, -0.15) is 4.99 Å². The zero-order valence-electron chi connectivity index (χ0n) is 17.2. The van der Waals surface area contributed by atoms with Crippen molar-refractivity contribution in [1.29, 1.82) is 0 Å². The van der Waals surface area contributed by atoms with Crippen LogP contribution >= 0.6 is 23.4 Å². The number of benzene rings is 1. The SMILES string of the molecule is CC(C)(C)OC(=O)NCCC(=O)N=C1S[C@@H]2CS(=O)(=O)C[C@H]2N1c1ccc(F)c(Cl)c1. The van der Waals surface area contributed by atoms with Gasteiger partial charge >= 0.3 is 6.09 Å². The van der Waals surface area contributed by atoms with Gasteiger partial charge in [-0.3, -0.25) is 4.79 Å². The molecule has 3 rings (SSSR count). The van der Waals surface area contributed by atoms with Crippen molar-refractivity contribution in [3.05, 3.63) is 29.0 Å². The Hall–Kier alpha value is -1.85.